The summed E-state index contributed by atoms with van der Waals surface area (Å²) in [6, 6.07) is 13.9. The fourth-order valence-corrected chi connectivity index (χ4v) is 5.57. The third-order valence-electron chi connectivity index (χ3n) is 7.26. The third-order valence-corrected chi connectivity index (χ3v) is 7.26. The van der Waals surface area contributed by atoms with Crippen LogP contribution < -0.4 is 9.64 Å². The van der Waals surface area contributed by atoms with Crippen LogP contribution in [0.3, 0.4) is 0 Å². The van der Waals surface area contributed by atoms with Gasteiger partial charge in [-0.05, 0) is 36.9 Å². The summed E-state index contributed by atoms with van der Waals surface area (Å²) in [5, 5.41) is 11.6. The number of fused-ring (bicyclic) bond motifs is 4. The van der Waals surface area contributed by atoms with Crippen LogP contribution in [0.2, 0.25) is 0 Å². The molecule has 0 bridgehead atoms. The van der Waals surface area contributed by atoms with Gasteiger partial charge in [-0.25, -0.2) is 0 Å². The molecule has 1 unspecified atom stereocenters. The van der Waals surface area contributed by atoms with Crippen molar-refractivity contribution in [3.63, 3.8) is 0 Å². The topological polar surface area (TPSA) is 82.4 Å². The monoisotopic (exact) mass is 507 g/mol. The molecular formula is C28H27F2N3O4. The van der Waals surface area contributed by atoms with Crippen LogP contribution in [-0.4, -0.2) is 60.3 Å². The van der Waals surface area contributed by atoms with Crippen LogP contribution in [-0.2, 0) is 21.5 Å². The van der Waals surface area contributed by atoms with E-state index in [4.69, 9.17) is 9.73 Å². The molecule has 0 saturated heterocycles. The lowest BCUT2D eigenvalue weighted by atomic mass is 9.77. The lowest BCUT2D eigenvalue weighted by molar-refractivity contribution is -0.133. The van der Waals surface area contributed by atoms with Gasteiger partial charge in [0.2, 0.25) is 5.72 Å². The highest BCUT2D eigenvalue weighted by Gasteiger charge is 2.59. The van der Waals surface area contributed by atoms with Crippen LogP contribution in [0, 0.1) is 0 Å². The number of aliphatic imine (C=N–C) groups is 1. The van der Waals surface area contributed by atoms with Crippen molar-refractivity contribution in [2.45, 2.75) is 31.5 Å². The van der Waals surface area contributed by atoms with Crippen LogP contribution in [0.5, 0.6) is 5.75 Å². The molecular weight excluding hydrogens is 480 g/mol. The number of carbonyl (C=O) groups excluding carboxylic acids is 2. The molecule has 0 aliphatic carbocycles. The first kappa shape index (κ1) is 25.0. The quantitative estimate of drug-likeness (QED) is 0.460. The van der Waals surface area contributed by atoms with Crippen LogP contribution in [0.25, 0.3) is 10.8 Å². The van der Waals surface area contributed by atoms with Crippen molar-refractivity contribution < 1.29 is 28.2 Å². The molecule has 2 aliphatic heterocycles. The molecule has 0 radical (unpaired) electrons. The summed E-state index contributed by atoms with van der Waals surface area (Å²) in [4.78, 5) is 30.4. The maximum absolute atomic E-state index is 13.3. The Morgan fingerprint density at radius 3 is 2.43 bits per heavy atom. The SMILES string of the molecule is CC1(C)c2ccccc2N(CCO)C12C=Nc1c(c(CN(CC(=O)F)CC(=O)F)cc3ccccc13)O2. The molecule has 1 spiro atoms. The number of rotatable bonds is 8. The van der Waals surface area contributed by atoms with Gasteiger partial charge in [0.25, 0.3) is 0 Å². The van der Waals surface area contributed by atoms with E-state index in [2.05, 4.69) is 0 Å². The molecule has 0 amide bonds. The Bertz CT molecular complexity index is 1410. The Balaban J connectivity index is 1.68. The molecule has 192 valence electrons. The highest BCUT2D eigenvalue weighted by Crippen LogP contribution is 2.55. The number of para-hydroxylation sites is 1. The summed E-state index contributed by atoms with van der Waals surface area (Å²) >= 11 is 0. The van der Waals surface area contributed by atoms with Crippen LogP contribution in [0.1, 0.15) is 25.0 Å². The van der Waals surface area contributed by atoms with Crippen LogP contribution >= 0.6 is 0 Å². The van der Waals surface area contributed by atoms with Crippen molar-refractivity contribution in [2.24, 2.45) is 4.99 Å². The Kier molecular flexibility index (Phi) is 6.29. The summed E-state index contributed by atoms with van der Waals surface area (Å²) in [5.41, 5.74) is 1.29. The first-order chi connectivity index (χ1) is 17.7. The second-order valence-corrected chi connectivity index (χ2v) is 9.86. The molecule has 37 heavy (non-hydrogen) atoms. The van der Waals surface area contributed by atoms with E-state index in [1.54, 1.807) is 6.21 Å². The van der Waals surface area contributed by atoms with Crippen molar-refractivity contribution in [3.8, 4) is 5.75 Å². The molecule has 3 aromatic rings. The number of aliphatic hydroxyl groups excluding tert-OH is 1. The second-order valence-electron chi connectivity index (χ2n) is 9.86. The van der Waals surface area contributed by atoms with E-state index in [1.807, 2.05) is 73.3 Å². The molecule has 2 aliphatic rings. The Labute approximate surface area is 213 Å². The molecule has 3 aromatic carbocycles. The number of benzene rings is 3. The van der Waals surface area contributed by atoms with Gasteiger partial charge in [-0.2, -0.15) is 8.78 Å². The molecule has 0 aromatic heterocycles. The lowest BCUT2D eigenvalue weighted by Crippen LogP contribution is -2.62. The summed E-state index contributed by atoms with van der Waals surface area (Å²) in [5.74, 6) is 0.396. The average molecular weight is 508 g/mol. The smallest absolute Gasteiger partial charge is 0.315 e. The predicted molar refractivity (Wildman–Crippen MR) is 137 cm³/mol. The average Bonchev–Trinajstić information content (AvgIpc) is 3.02. The fourth-order valence-electron chi connectivity index (χ4n) is 5.57. The van der Waals surface area contributed by atoms with E-state index < -0.39 is 36.3 Å². The van der Waals surface area contributed by atoms with Gasteiger partial charge in [0.1, 0.15) is 5.69 Å². The summed E-state index contributed by atoms with van der Waals surface area (Å²) < 4.78 is 33.5. The number of hydrogen-bond donors (Lipinski definition) is 1. The van der Waals surface area contributed by atoms with Gasteiger partial charge in [-0.3, -0.25) is 19.5 Å². The molecule has 0 fully saturated rings. The van der Waals surface area contributed by atoms with E-state index in [0.717, 1.165) is 26.9 Å². The summed E-state index contributed by atoms with van der Waals surface area (Å²) in [6.45, 7) is 2.65. The predicted octanol–water partition coefficient (Wildman–Crippen LogP) is 4.22. The summed E-state index contributed by atoms with van der Waals surface area (Å²) in [6.07, 6.45) is 1.76. The van der Waals surface area contributed by atoms with Gasteiger partial charge in [0.05, 0.1) is 31.3 Å². The molecule has 0 saturated carbocycles. The van der Waals surface area contributed by atoms with E-state index in [9.17, 15) is 23.5 Å². The summed E-state index contributed by atoms with van der Waals surface area (Å²) in [7, 11) is 0. The number of nitrogens with zero attached hydrogens (tertiary/aromatic N) is 3. The van der Waals surface area contributed by atoms with Crippen molar-refractivity contribution >= 4 is 40.4 Å². The van der Waals surface area contributed by atoms with E-state index in [-0.39, 0.29) is 19.7 Å². The minimum absolute atomic E-state index is 0.114. The maximum Gasteiger partial charge on any atom is 0.315 e. The Hall–Kier alpha value is -3.69. The van der Waals surface area contributed by atoms with Gasteiger partial charge < -0.3 is 14.7 Å². The number of β-amino-alcohol motifs (C(OH)–C–C–N with tert-alkyl or cyclic N) is 1. The van der Waals surface area contributed by atoms with Crippen molar-refractivity contribution in [1.29, 1.82) is 0 Å². The normalized spacial score (nSPS) is 19.2. The highest BCUT2D eigenvalue weighted by molar-refractivity contribution is 6.01. The number of ether oxygens (including phenoxy) is 1. The zero-order chi connectivity index (χ0) is 26.4. The van der Waals surface area contributed by atoms with Gasteiger partial charge in [0, 0.05) is 29.7 Å². The number of aliphatic hydroxyl groups is 1. The maximum atomic E-state index is 13.3. The van der Waals surface area contributed by atoms with Crippen LogP contribution in [0.4, 0.5) is 20.2 Å². The fraction of sp³-hybridized carbons (Fsp3) is 0.321. The standard InChI is InChI=1S/C28H27F2N3O4/c1-27(2)21-9-5-6-10-22(21)33(11-12-34)28(27)17-31-25-20-8-4-3-7-18(20)13-19(26(25)37-28)14-32(15-23(29)35)16-24(30)36/h3-10,13,17,34H,11-12,14-16H2,1-2H3. The first-order valence-electron chi connectivity index (χ1n) is 12.0. The molecule has 7 nitrogen and oxygen atoms in total. The third kappa shape index (κ3) is 4.08. The number of halogens is 2. The van der Waals surface area contributed by atoms with Crippen molar-refractivity contribution in [1.82, 2.24) is 4.90 Å². The lowest BCUT2D eigenvalue weighted by Gasteiger charge is -2.46. The highest BCUT2D eigenvalue weighted by atomic mass is 19.1. The van der Waals surface area contributed by atoms with Gasteiger partial charge in [-0.1, -0.05) is 42.5 Å². The first-order valence-corrected chi connectivity index (χ1v) is 12.0. The largest absolute Gasteiger partial charge is 0.459 e. The van der Waals surface area contributed by atoms with Gasteiger partial charge in [-0.15, -0.1) is 0 Å². The minimum Gasteiger partial charge on any atom is -0.459 e. The van der Waals surface area contributed by atoms with Gasteiger partial charge >= 0.3 is 12.1 Å². The zero-order valence-corrected chi connectivity index (χ0v) is 20.6. The number of hydrogen-bond acceptors (Lipinski definition) is 7. The second kappa shape index (κ2) is 9.32. The molecule has 1 N–H and O–H groups in total. The van der Waals surface area contributed by atoms with Crippen molar-refractivity contribution in [2.75, 3.05) is 31.1 Å². The van der Waals surface area contributed by atoms with E-state index in [0.29, 0.717) is 17.0 Å². The Morgan fingerprint density at radius 2 is 1.73 bits per heavy atom. The van der Waals surface area contributed by atoms with Crippen molar-refractivity contribution in [3.05, 3.63) is 65.7 Å². The number of anilines is 1. The van der Waals surface area contributed by atoms with E-state index >= 15 is 0 Å². The zero-order valence-electron chi connectivity index (χ0n) is 20.6. The minimum atomic E-state index is -1.67. The molecule has 5 rings (SSSR count). The van der Waals surface area contributed by atoms with Crippen LogP contribution in [0.15, 0.2) is 59.6 Å². The van der Waals surface area contributed by atoms with Gasteiger partial charge in [0.15, 0.2) is 5.75 Å². The number of carbonyl (C=O) groups is 2. The molecule has 9 heteroatoms. The molecule has 2 heterocycles. The molecule has 1 atom stereocenters. The van der Waals surface area contributed by atoms with E-state index in [1.165, 1.54) is 0 Å². The Morgan fingerprint density at radius 1 is 1.05 bits per heavy atom.